The molecule has 5 aromatic rings. The average Bonchev–Trinajstić information content (AvgIpc) is 3.26. The Morgan fingerprint density at radius 1 is 0.487 bits per heavy atom. The van der Waals surface area contributed by atoms with Gasteiger partial charge in [0.25, 0.3) is 0 Å². The topological polar surface area (TPSA) is 17.1 Å². The molecule has 0 spiro atoms. The van der Waals surface area contributed by atoms with E-state index in [9.17, 15) is 4.79 Å². The highest BCUT2D eigenvalue weighted by atomic mass is 16.1. The van der Waals surface area contributed by atoms with Crippen LogP contribution in [0, 0.1) is 0 Å². The molecule has 0 bridgehead atoms. The van der Waals surface area contributed by atoms with Crippen LogP contribution in [0.3, 0.4) is 0 Å². The Hall–Kier alpha value is -3.71. The predicted octanol–water partition coefficient (Wildman–Crippen LogP) is 10.1. The average molecular weight is 509 g/mol. The molecule has 1 heteroatoms. The van der Waals surface area contributed by atoms with E-state index in [0.717, 1.165) is 22.3 Å². The first-order valence-electron chi connectivity index (χ1n) is 14.2. The van der Waals surface area contributed by atoms with Crippen molar-refractivity contribution in [1.29, 1.82) is 0 Å². The minimum Gasteiger partial charge on any atom is -0.289 e. The number of fused-ring (bicyclic) bond motifs is 8. The molecule has 2 aliphatic rings. The second-order valence-corrected chi connectivity index (χ2v) is 14.2. The van der Waals surface area contributed by atoms with Gasteiger partial charge in [0.1, 0.15) is 0 Å². The zero-order valence-electron chi connectivity index (χ0n) is 24.3. The van der Waals surface area contributed by atoms with E-state index in [0.29, 0.717) is 0 Å². The van der Waals surface area contributed by atoms with E-state index >= 15 is 0 Å². The maximum atomic E-state index is 13.6. The summed E-state index contributed by atoms with van der Waals surface area (Å²) in [5.74, 6) is 0.143. The fraction of sp³-hybridized carbons (Fsp3) is 0.289. The molecule has 0 saturated heterocycles. The Labute approximate surface area is 231 Å². The third kappa shape index (κ3) is 3.16. The smallest absolute Gasteiger partial charge is 0.194 e. The minimum absolute atomic E-state index is 0.0601. The zero-order valence-corrected chi connectivity index (χ0v) is 24.3. The van der Waals surface area contributed by atoms with Gasteiger partial charge in [-0.2, -0.15) is 0 Å². The molecule has 1 nitrogen and oxygen atoms in total. The van der Waals surface area contributed by atoms with Crippen LogP contribution in [0.4, 0.5) is 0 Å². The van der Waals surface area contributed by atoms with Crippen molar-refractivity contribution in [3.05, 3.63) is 106 Å². The van der Waals surface area contributed by atoms with Gasteiger partial charge in [-0.1, -0.05) is 104 Å². The normalized spacial score (nSPS) is 15.4. The Morgan fingerprint density at radius 2 is 0.949 bits per heavy atom. The summed E-state index contributed by atoms with van der Waals surface area (Å²) in [5, 5.41) is 5.15. The molecule has 0 aromatic heterocycles. The van der Waals surface area contributed by atoms with E-state index < -0.39 is 0 Å². The molecule has 2 aliphatic carbocycles. The van der Waals surface area contributed by atoms with Crippen LogP contribution < -0.4 is 0 Å². The van der Waals surface area contributed by atoms with Crippen molar-refractivity contribution in [1.82, 2.24) is 0 Å². The van der Waals surface area contributed by atoms with E-state index in [4.69, 9.17) is 0 Å². The third-order valence-electron chi connectivity index (χ3n) is 9.16. The molecule has 0 heterocycles. The van der Waals surface area contributed by atoms with Gasteiger partial charge in [-0.25, -0.2) is 0 Å². The molecule has 0 amide bonds. The summed E-state index contributed by atoms with van der Waals surface area (Å²) in [6, 6.07) is 26.5. The summed E-state index contributed by atoms with van der Waals surface area (Å²) in [7, 11) is 0. The molecule has 5 aromatic carbocycles. The van der Waals surface area contributed by atoms with Crippen molar-refractivity contribution in [2.24, 2.45) is 0 Å². The van der Waals surface area contributed by atoms with E-state index in [-0.39, 0.29) is 22.0 Å². The Balaban J connectivity index is 1.71. The third-order valence-corrected chi connectivity index (χ3v) is 9.16. The van der Waals surface area contributed by atoms with E-state index in [2.05, 4.69) is 110 Å². The highest BCUT2D eigenvalue weighted by molar-refractivity contribution is 6.24. The van der Waals surface area contributed by atoms with E-state index in [1.807, 2.05) is 18.2 Å². The van der Waals surface area contributed by atoms with Crippen LogP contribution in [-0.4, -0.2) is 5.78 Å². The molecular weight excluding hydrogens is 472 g/mol. The van der Waals surface area contributed by atoms with Crippen LogP contribution in [0.1, 0.15) is 93.6 Å². The molecule has 0 aliphatic heterocycles. The lowest BCUT2D eigenvalue weighted by Gasteiger charge is -2.32. The van der Waals surface area contributed by atoms with Gasteiger partial charge >= 0.3 is 0 Å². The largest absolute Gasteiger partial charge is 0.289 e. The molecule has 0 radical (unpaired) electrons. The molecule has 0 N–H and O–H groups in total. The highest BCUT2D eigenvalue weighted by Gasteiger charge is 2.38. The molecule has 7 rings (SSSR count). The van der Waals surface area contributed by atoms with Crippen molar-refractivity contribution in [2.45, 2.75) is 71.6 Å². The molecular formula is C38H36O. The van der Waals surface area contributed by atoms with Gasteiger partial charge in [0.05, 0.1) is 0 Å². The quantitative estimate of drug-likeness (QED) is 0.187. The van der Waals surface area contributed by atoms with Gasteiger partial charge in [0.15, 0.2) is 5.78 Å². The van der Waals surface area contributed by atoms with E-state index in [1.54, 1.807) is 0 Å². The molecule has 0 fully saturated rings. The Bertz CT molecular complexity index is 1900. The summed E-state index contributed by atoms with van der Waals surface area (Å²) < 4.78 is 0. The highest BCUT2D eigenvalue weighted by Crippen LogP contribution is 2.53. The first kappa shape index (κ1) is 24.3. The lowest BCUT2D eigenvalue weighted by atomic mass is 9.72. The number of benzene rings is 5. The van der Waals surface area contributed by atoms with Gasteiger partial charge in [0, 0.05) is 16.5 Å². The molecule has 194 valence electrons. The second kappa shape index (κ2) is 7.48. The first-order chi connectivity index (χ1) is 18.3. The van der Waals surface area contributed by atoms with Gasteiger partial charge in [-0.05, 0) is 101 Å². The fourth-order valence-electron chi connectivity index (χ4n) is 7.55. The van der Waals surface area contributed by atoms with Crippen LogP contribution >= 0.6 is 0 Å². The van der Waals surface area contributed by atoms with Crippen LogP contribution in [0.2, 0.25) is 0 Å². The van der Waals surface area contributed by atoms with Crippen molar-refractivity contribution in [3.8, 4) is 22.3 Å². The molecule has 0 unspecified atom stereocenters. The van der Waals surface area contributed by atoms with Gasteiger partial charge in [0.2, 0.25) is 0 Å². The van der Waals surface area contributed by atoms with Crippen molar-refractivity contribution >= 4 is 27.3 Å². The second-order valence-electron chi connectivity index (χ2n) is 14.2. The van der Waals surface area contributed by atoms with Crippen LogP contribution in [0.15, 0.2) is 72.8 Å². The van der Waals surface area contributed by atoms with Crippen molar-refractivity contribution in [3.63, 3.8) is 0 Å². The predicted molar refractivity (Wildman–Crippen MR) is 165 cm³/mol. The Morgan fingerprint density at radius 3 is 1.54 bits per heavy atom. The fourth-order valence-corrected chi connectivity index (χ4v) is 7.55. The molecule has 0 atom stereocenters. The van der Waals surface area contributed by atoms with Gasteiger partial charge in [-0.3, -0.25) is 4.79 Å². The minimum atomic E-state index is -0.114. The maximum Gasteiger partial charge on any atom is 0.194 e. The first-order valence-corrected chi connectivity index (χ1v) is 14.2. The van der Waals surface area contributed by atoms with Crippen LogP contribution in [-0.2, 0) is 16.2 Å². The van der Waals surface area contributed by atoms with Crippen LogP contribution in [0.5, 0.6) is 0 Å². The number of carbonyl (C=O) groups excluding carboxylic acids is 1. The molecule has 39 heavy (non-hydrogen) atoms. The zero-order chi connectivity index (χ0) is 27.6. The number of rotatable bonds is 0. The SMILES string of the molecule is CC(C)(C)c1c2cc3c(cc2c(C(C)(C)C)c2cc4c(cc12)-c1ccccc1C4(C)C)-c1ccccc1C3=O. The number of carbonyl (C=O) groups is 1. The van der Waals surface area contributed by atoms with Crippen molar-refractivity contribution < 1.29 is 4.79 Å². The van der Waals surface area contributed by atoms with Crippen molar-refractivity contribution in [2.75, 3.05) is 0 Å². The number of ketones is 1. The Kier molecular flexibility index (Phi) is 4.67. The number of hydrogen-bond donors (Lipinski definition) is 0. The standard InChI is InChI=1S/C38H36O/c1-36(2,3)33-27-18-25-22-14-11-12-16-31(22)38(7,8)32(25)20-29(27)34(37(4,5)6)26-17-24-21-13-9-10-15-23(21)35(39)30(24)19-28(26)33/h9-20H,1-8H3. The number of hydrogen-bond acceptors (Lipinski definition) is 1. The van der Waals surface area contributed by atoms with Gasteiger partial charge < -0.3 is 0 Å². The summed E-state index contributed by atoms with van der Waals surface area (Å²) in [5.41, 5.74) is 11.7. The summed E-state index contributed by atoms with van der Waals surface area (Å²) in [6.07, 6.45) is 0. The maximum absolute atomic E-state index is 13.6. The van der Waals surface area contributed by atoms with E-state index in [1.165, 1.54) is 54.9 Å². The van der Waals surface area contributed by atoms with Gasteiger partial charge in [-0.15, -0.1) is 0 Å². The summed E-state index contributed by atoms with van der Waals surface area (Å²) >= 11 is 0. The monoisotopic (exact) mass is 508 g/mol. The molecule has 0 saturated carbocycles. The lowest BCUT2D eigenvalue weighted by Crippen LogP contribution is -2.19. The lowest BCUT2D eigenvalue weighted by molar-refractivity contribution is 0.104. The van der Waals surface area contributed by atoms with Crippen LogP contribution in [0.25, 0.3) is 43.8 Å². The summed E-state index contributed by atoms with van der Waals surface area (Å²) in [4.78, 5) is 13.6. The summed E-state index contributed by atoms with van der Waals surface area (Å²) in [6.45, 7) is 18.7.